The van der Waals surface area contributed by atoms with Crippen LogP contribution >= 0.6 is 11.8 Å². The molecule has 3 fully saturated rings. The van der Waals surface area contributed by atoms with Gasteiger partial charge in [-0.25, -0.2) is 8.42 Å². The number of nitrogens with zero attached hydrogens (tertiary/aromatic N) is 2. The van der Waals surface area contributed by atoms with E-state index >= 15 is 0 Å². The predicted molar refractivity (Wildman–Crippen MR) is 116 cm³/mol. The Morgan fingerprint density at radius 3 is 2.59 bits per heavy atom. The standard InChI is InChI=1S/C21H28N2O4S2/c1-27-17-9-7-16(8-10-17)12-23-18-13-29(25,26)14-19(18)28-21(23)22-20(24)11-15-5-3-2-4-6-15/h7-10,15,18-19H,2-6,11-14H2,1H3/t18-,19+/m1/s1. The number of thioether (sulfide) groups is 1. The number of rotatable bonds is 5. The van der Waals surface area contributed by atoms with Crippen LogP contribution in [0.1, 0.15) is 44.1 Å². The summed E-state index contributed by atoms with van der Waals surface area (Å²) in [6.07, 6.45) is 6.41. The maximum atomic E-state index is 12.6. The van der Waals surface area contributed by atoms with Gasteiger partial charge in [-0.3, -0.25) is 4.79 Å². The molecule has 158 valence electrons. The average Bonchev–Trinajstić information content (AvgIpc) is 3.15. The summed E-state index contributed by atoms with van der Waals surface area (Å²) < 4.78 is 29.5. The van der Waals surface area contributed by atoms with Crippen molar-refractivity contribution in [1.82, 2.24) is 4.90 Å². The number of carbonyl (C=O) groups is 1. The van der Waals surface area contributed by atoms with Gasteiger partial charge in [0.1, 0.15) is 5.75 Å². The van der Waals surface area contributed by atoms with Crippen molar-refractivity contribution in [2.75, 3.05) is 18.6 Å². The van der Waals surface area contributed by atoms with Crippen molar-refractivity contribution in [1.29, 1.82) is 0 Å². The minimum Gasteiger partial charge on any atom is -0.497 e. The Labute approximate surface area is 177 Å². The topological polar surface area (TPSA) is 76.0 Å². The zero-order chi connectivity index (χ0) is 20.4. The molecular weight excluding hydrogens is 408 g/mol. The van der Waals surface area contributed by atoms with Crippen LogP contribution in [0.5, 0.6) is 5.75 Å². The van der Waals surface area contributed by atoms with Gasteiger partial charge in [-0.05, 0) is 36.5 Å². The number of methoxy groups -OCH3 is 1. The maximum Gasteiger partial charge on any atom is 0.248 e. The van der Waals surface area contributed by atoms with Crippen molar-refractivity contribution >= 4 is 32.7 Å². The summed E-state index contributed by atoms with van der Waals surface area (Å²) in [5.41, 5.74) is 1.05. The molecule has 1 aliphatic carbocycles. The zero-order valence-electron chi connectivity index (χ0n) is 16.7. The highest BCUT2D eigenvalue weighted by molar-refractivity contribution is 8.15. The largest absolute Gasteiger partial charge is 0.497 e. The first-order chi connectivity index (χ1) is 13.9. The molecule has 1 amide bonds. The number of hydrogen-bond donors (Lipinski definition) is 0. The smallest absolute Gasteiger partial charge is 0.248 e. The zero-order valence-corrected chi connectivity index (χ0v) is 18.4. The van der Waals surface area contributed by atoms with Gasteiger partial charge in [-0.15, -0.1) is 0 Å². The van der Waals surface area contributed by atoms with Crippen molar-refractivity contribution in [2.24, 2.45) is 10.9 Å². The van der Waals surface area contributed by atoms with Gasteiger partial charge in [0.2, 0.25) is 5.91 Å². The van der Waals surface area contributed by atoms with Crippen LogP contribution in [0.15, 0.2) is 29.3 Å². The van der Waals surface area contributed by atoms with Crippen molar-refractivity contribution in [3.63, 3.8) is 0 Å². The second-order valence-electron chi connectivity index (χ2n) is 8.27. The molecule has 4 rings (SSSR count). The number of benzene rings is 1. The summed E-state index contributed by atoms with van der Waals surface area (Å²) in [7, 11) is -1.41. The Bertz CT molecular complexity index is 876. The molecule has 0 N–H and O–H groups in total. The van der Waals surface area contributed by atoms with Gasteiger partial charge in [-0.1, -0.05) is 43.2 Å². The summed E-state index contributed by atoms with van der Waals surface area (Å²) in [5.74, 6) is 1.46. The molecule has 0 radical (unpaired) electrons. The first-order valence-corrected chi connectivity index (χ1v) is 13.0. The Kier molecular flexibility index (Phi) is 6.20. The van der Waals surface area contributed by atoms with E-state index in [1.807, 2.05) is 29.2 Å². The van der Waals surface area contributed by atoms with Crippen LogP contribution in [0.25, 0.3) is 0 Å². The minimum absolute atomic E-state index is 0.0421. The molecule has 1 aromatic rings. The minimum atomic E-state index is -3.04. The first-order valence-electron chi connectivity index (χ1n) is 10.3. The fraction of sp³-hybridized carbons (Fsp3) is 0.619. The average molecular weight is 437 g/mol. The summed E-state index contributed by atoms with van der Waals surface area (Å²) in [4.78, 5) is 19.1. The molecule has 2 aliphatic heterocycles. The normalized spacial score (nSPS) is 27.9. The highest BCUT2D eigenvalue weighted by Crippen LogP contribution is 2.39. The Morgan fingerprint density at radius 1 is 1.17 bits per heavy atom. The summed E-state index contributed by atoms with van der Waals surface area (Å²) >= 11 is 1.46. The van der Waals surface area contributed by atoms with Gasteiger partial charge in [0.25, 0.3) is 0 Å². The third kappa shape index (κ3) is 4.97. The van der Waals surface area contributed by atoms with Gasteiger partial charge in [0, 0.05) is 18.2 Å². The van der Waals surface area contributed by atoms with E-state index in [4.69, 9.17) is 4.74 Å². The second-order valence-corrected chi connectivity index (χ2v) is 11.6. The molecule has 8 heteroatoms. The molecule has 6 nitrogen and oxygen atoms in total. The fourth-order valence-corrected chi connectivity index (χ4v) is 8.51. The molecule has 0 aromatic heterocycles. The molecule has 2 heterocycles. The lowest BCUT2D eigenvalue weighted by atomic mass is 9.87. The molecule has 1 saturated carbocycles. The van der Waals surface area contributed by atoms with Gasteiger partial charge in [0.05, 0.1) is 24.7 Å². The van der Waals surface area contributed by atoms with E-state index in [-0.39, 0.29) is 28.7 Å². The highest BCUT2D eigenvalue weighted by atomic mass is 32.2. The number of hydrogen-bond acceptors (Lipinski definition) is 5. The van der Waals surface area contributed by atoms with E-state index in [0.717, 1.165) is 24.2 Å². The number of amidine groups is 1. The SMILES string of the molecule is COc1ccc(CN2C(=NC(=O)CC3CCCCC3)S[C@H]3CS(=O)(=O)C[C@H]32)cc1. The summed E-state index contributed by atoms with van der Waals surface area (Å²) in [6.45, 7) is 0.545. The van der Waals surface area contributed by atoms with Crippen LogP contribution in [0.3, 0.4) is 0 Å². The van der Waals surface area contributed by atoms with E-state index in [1.54, 1.807) is 7.11 Å². The molecule has 3 aliphatic rings. The molecule has 0 spiro atoms. The van der Waals surface area contributed by atoms with E-state index in [1.165, 1.54) is 31.0 Å². The van der Waals surface area contributed by atoms with Crippen molar-refractivity contribution in [2.45, 2.75) is 56.4 Å². The van der Waals surface area contributed by atoms with Crippen LogP contribution in [-0.2, 0) is 21.2 Å². The van der Waals surface area contributed by atoms with Crippen molar-refractivity contribution < 1.29 is 17.9 Å². The lowest BCUT2D eigenvalue weighted by Gasteiger charge is -2.25. The van der Waals surface area contributed by atoms with Crippen LogP contribution in [0, 0.1) is 5.92 Å². The number of fused-ring (bicyclic) bond motifs is 1. The molecule has 0 unspecified atom stereocenters. The van der Waals surface area contributed by atoms with Crippen LogP contribution in [0.2, 0.25) is 0 Å². The lowest BCUT2D eigenvalue weighted by molar-refractivity contribution is -0.118. The Morgan fingerprint density at radius 2 is 1.90 bits per heavy atom. The van der Waals surface area contributed by atoms with Gasteiger partial charge < -0.3 is 9.64 Å². The second kappa shape index (κ2) is 8.68. The molecule has 0 bridgehead atoms. The fourth-order valence-electron chi connectivity index (χ4n) is 4.54. The molecule has 2 atom stereocenters. The lowest BCUT2D eigenvalue weighted by Crippen LogP contribution is -2.37. The number of aliphatic imine (C=N–C) groups is 1. The highest BCUT2D eigenvalue weighted by Gasteiger charge is 2.48. The van der Waals surface area contributed by atoms with Crippen LogP contribution in [-0.4, -0.2) is 54.3 Å². The number of sulfone groups is 1. The quantitative estimate of drug-likeness (QED) is 0.705. The van der Waals surface area contributed by atoms with Gasteiger partial charge in [0.15, 0.2) is 15.0 Å². The monoisotopic (exact) mass is 436 g/mol. The van der Waals surface area contributed by atoms with E-state index < -0.39 is 9.84 Å². The van der Waals surface area contributed by atoms with Crippen molar-refractivity contribution in [3.05, 3.63) is 29.8 Å². The van der Waals surface area contributed by atoms with E-state index in [0.29, 0.717) is 24.1 Å². The van der Waals surface area contributed by atoms with Gasteiger partial charge >= 0.3 is 0 Å². The maximum absolute atomic E-state index is 12.6. The summed E-state index contributed by atoms with van der Waals surface area (Å²) in [6, 6.07) is 7.62. The van der Waals surface area contributed by atoms with Gasteiger partial charge in [-0.2, -0.15) is 4.99 Å². The Hall–Kier alpha value is -1.54. The van der Waals surface area contributed by atoms with Crippen LogP contribution < -0.4 is 4.74 Å². The number of amides is 1. The first kappa shape index (κ1) is 20.7. The third-order valence-corrected chi connectivity index (χ3v) is 9.34. The molecule has 1 aromatic carbocycles. The van der Waals surface area contributed by atoms with E-state index in [9.17, 15) is 13.2 Å². The molecule has 2 saturated heterocycles. The predicted octanol–water partition coefficient (Wildman–Crippen LogP) is 3.26. The van der Waals surface area contributed by atoms with Crippen LogP contribution in [0.4, 0.5) is 0 Å². The van der Waals surface area contributed by atoms with Crippen molar-refractivity contribution in [3.8, 4) is 5.75 Å². The molecular formula is C21H28N2O4S2. The summed E-state index contributed by atoms with van der Waals surface area (Å²) in [5, 5.41) is 0.644. The number of ether oxygens (including phenoxy) is 1. The Balaban J connectivity index is 1.51. The molecule has 29 heavy (non-hydrogen) atoms. The van der Waals surface area contributed by atoms with E-state index in [2.05, 4.69) is 4.99 Å². The third-order valence-electron chi connectivity index (χ3n) is 6.10. The number of carbonyl (C=O) groups excluding carboxylic acids is 1.